The molecule has 0 saturated heterocycles. The van der Waals surface area contributed by atoms with Crippen LogP contribution in [0.2, 0.25) is 0 Å². The quantitative estimate of drug-likeness (QED) is 0.463. The number of ether oxygens (including phenoxy) is 1. The number of carbonyl (C=O) groups is 1. The van der Waals surface area contributed by atoms with Crippen LogP contribution in [0, 0.1) is 0 Å². The molecule has 152 valence electrons. The Hall–Kier alpha value is -3.60. The summed E-state index contributed by atoms with van der Waals surface area (Å²) in [4.78, 5) is 17.0. The van der Waals surface area contributed by atoms with Gasteiger partial charge in [-0.25, -0.2) is 4.98 Å². The molecule has 0 bridgehead atoms. The summed E-state index contributed by atoms with van der Waals surface area (Å²) >= 11 is 0. The molecule has 4 aromatic rings. The highest BCUT2D eigenvalue weighted by molar-refractivity contribution is 5.78. The molecule has 1 heterocycles. The van der Waals surface area contributed by atoms with Crippen LogP contribution in [0.3, 0.4) is 0 Å². The monoisotopic (exact) mass is 399 g/mol. The molecule has 0 spiro atoms. The maximum Gasteiger partial charge on any atom is 0.224 e. The van der Waals surface area contributed by atoms with E-state index in [1.165, 1.54) is 0 Å². The molecule has 0 unspecified atom stereocenters. The first-order valence-electron chi connectivity index (χ1n) is 10.2. The SMILES string of the molecule is O=C(Cc1ccccc1)NCCc1nc2ccccc2n1CCOc1ccccc1. The van der Waals surface area contributed by atoms with Crippen LogP contribution in [0.4, 0.5) is 0 Å². The first kappa shape index (κ1) is 19.7. The third-order valence-corrected chi connectivity index (χ3v) is 4.94. The molecule has 5 heteroatoms. The van der Waals surface area contributed by atoms with Crippen molar-refractivity contribution < 1.29 is 9.53 Å². The minimum atomic E-state index is 0.0243. The van der Waals surface area contributed by atoms with Gasteiger partial charge in [-0.15, -0.1) is 0 Å². The van der Waals surface area contributed by atoms with Gasteiger partial charge in [0.05, 0.1) is 24.0 Å². The molecular weight excluding hydrogens is 374 g/mol. The van der Waals surface area contributed by atoms with Crippen molar-refractivity contribution in [3.05, 3.63) is 96.3 Å². The fourth-order valence-corrected chi connectivity index (χ4v) is 3.49. The van der Waals surface area contributed by atoms with Crippen molar-refractivity contribution in [2.45, 2.75) is 19.4 Å². The second-order valence-corrected chi connectivity index (χ2v) is 7.09. The molecule has 4 rings (SSSR count). The van der Waals surface area contributed by atoms with Gasteiger partial charge in [-0.05, 0) is 29.8 Å². The molecule has 0 saturated carbocycles. The molecule has 5 nitrogen and oxygen atoms in total. The number of hydrogen-bond acceptors (Lipinski definition) is 3. The molecular formula is C25H25N3O2. The second kappa shape index (κ2) is 9.74. The normalized spacial score (nSPS) is 10.8. The Labute approximate surface area is 176 Å². The summed E-state index contributed by atoms with van der Waals surface area (Å²) in [5, 5.41) is 3.01. The van der Waals surface area contributed by atoms with Crippen molar-refractivity contribution >= 4 is 16.9 Å². The third-order valence-electron chi connectivity index (χ3n) is 4.94. The first-order chi connectivity index (χ1) is 14.8. The van der Waals surface area contributed by atoms with E-state index in [0.29, 0.717) is 32.5 Å². The summed E-state index contributed by atoms with van der Waals surface area (Å²) in [6.45, 7) is 1.80. The molecule has 30 heavy (non-hydrogen) atoms. The fourth-order valence-electron chi connectivity index (χ4n) is 3.49. The summed E-state index contributed by atoms with van der Waals surface area (Å²) in [5.41, 5.74) is 3.06. The third kappa shape index (κ3) is 5.06. The molecule has 0 aliphatic heterocycles. The van der Waals surface area contributed by atoms with E-state index >= 15 is 0 Å². The standard InChI is InChI=1S/C25H25N3O2/c29-25(19-20-9-3-1-4-10-20)26-16-15-24-27-22-13-7-8-14-23(22)28(24)17-18-30-21-11-5-2-6-12-21/h1-14H,15-19H2,(H,26,29). The summed E-state index contributed by atoms with van der Waals surface area (Å²) in [6, 6.07) is 27.7. The summed E-state index contributed by atoms with van der Waals surface area (Å²) in [7, 11) is 0. The molecule has 1 N–H and O–H groups in total. The van der Waals surface area contributed by atoms with Gasteiger partial charge in [-0.3, -0.25) is 4.79 Å². The van der Waals surface area contributed by atoms with Crippen LogP contribution in [0.5, 0.6) is 5.75 Å². The lowest BCUT2D eigenvalue weighted by molar-refractivity contribution is -0.120. The van der Waals surface area contributed by atoms with E-state index in [1.54, 1.807) is 0 Å². The van der Waals surface area contributed by atoms with Gasteiger partial charge in [0, 0.05) is 13.0 Å². The zero-order chi connectivity index (χ0) is 20.6. The van der Waals surface area contributed by atoms with E-state index in [2.05, 4.69) is 16.0 Å². The first-order valence-corrected chi connectivity index (χ1v) is 10.2. The van der Waals surface area contributed by atoms with Gasteiger partial charge in [0.1, 0.15) is 18.2 Å². The number of hydrogen-bond donors (Lipinski definition) is 1. The highest BCUT2D eigenvalue weighted by Gasteiger charge is 2.11. The average Bonchev–Trinajstić information content (AvgIpc) is 3.13. The van der Waals surface area contributed by atoms with Crippen molar-refractivity contribution in [3.63, 3.8) is 0 Å². The maximum atomic E-state index is 12.2. The Balaban J connectivity index is 1.37. The van der Waals surface area contributed by atoms with Crippen LogP contribution in [0.15, 0.2) is 84.9 Å². The molecule has 0 atom stereocenters. The van der Waals surface area contributed by atoms with Crippen LogP contribution in [-0.2, 0) is 24.2 Å². The van der Waals surface area contributed by atoms with E-state index in [0.717, 1.165) is 28.2 Å². The fraction of sp³-hybridized carbons (Fsp3) is 0.200. The lowest BCUT2D eigenvalue weighted by atomic mass is 10.1. The Morgan fingerprint density at radius 1 is 0.900 bits per heavy atom. The molecule has 3 aromatic carbocycles. The van der Waals surface area contributed by atoms with Crippen molar-refractivity contribution in [1.82, 2.24) is 14.9 Å². The Morgan fingerprint density at radius 2 is 1.60 bits per heavy atom. The van der Waals surface area contributed by atoms with Crippen LogP contribution in [0.1, 0.15) is 11.4 Å². The number of carbonyl (C=O) groups excluding carboxylic acids is 1. The van der Waals surface area contributed by atoms with Crippen LogP contribution in [-0.4, -0.2) is 28.6 Å². The van der Waals surface area contributed by atoms with Crippen LogP contribution >= 0.6 is 0 Å². The highest BCUT2D eigenvalue weighted by Crippen LogP contribution is 2.17. The number of imidazole rings is 1. The number of rotatable bonds is 9. The largest absolute Gasteiger partial charge is 0.492 e. The average molecular weight is 399 g/mol. The molecule has 0 radical (unpaired) electrons. The van der Waals surface area contributed by atoms with Gasteiger partial charge in [-0.2, -0.15) is 0 Å². The van der Waals surface area contributed by atoms with Crippen molar-refractivity contribution in [1.29, 1.82) is 0 Å². The van der Waals surface area contributed by atoms with Gasteiger partial charge in [0.25, 0.3) is 0 Å². The zero-order valence-electron chi connectivity index (χ0n) is 16.8. The van der Waals surface area contributed by atoms with E-state index in [-0.39, 0.29) is 5.91 Å². The van der Waals surface area contributed by atoms with Crippen molar-refractivity contribution in [2.75, 3.05) is 13.2 Å². The van der Waals surface area contributed by atoms with Gasteiger partial charge in [0.2, 0.25) is 5.91 Å². The van der Waals surface area contributed by atoms with Crippen LogP contribution < -0.4 is 10.1 Å². The number of para-hydroxylation sites is 3. The van der Waals surface area contributed by atoms with E-state index in [4.69, 9.17) is 9.72 Å². The summed E-state index contributed by atoms with van der Waals surface area (Å²) in [6.07, 6.45) is 1.06. The Morgan fingerprint density at radius 3 is 2.40 bits per heavy atom. The lowest BCUT2D eigenvalue weighted by Crippen LogP contribution is -2.28. The zero-order valence-corrected chi connectivity index (χ0v) is 16.8. The van der Waals surface area contributed by atoms with Crippen molar-refractivity contribution in [2.24, 2.45) is 0 Å². The summed E-state index contributed by atoms with van der Waals surface area (Å²) in [5.74, 6) is 1.83. The number of nitrogens with zero attached hydrogens (tertiary/aromatic N) is 2. The number of aromatic nitrogens is 2. The smallest absolute Gasteiger partial charge is 0.224 e. The Kier molecular flexibility index (Phi) is 6.40. The minimum absolute atomic E-state index is 0.0243. The number of nitrogens with one attached hydrogen (secondary N) is 1. The Bertz CT molecular complexity index is 1090. The van der Waals surface area contributed by atoms with E-state index in [9.17, 15) is 4.79 Å². The van der Waals surface area contributed by atoms with Gasteiger partial charge < -0.3 is 14.6 Å². The molecule has 1 amide bonds. The van der Waals surface area contributed by atoms with Crippen molar-refractivity contribution in [3.8, 4) is 5.75 Å². The van der Waals surface area contributed by atoms with Crippen LogP contribution in [0.25, 0.3) is 11.0 Å². The van der Waals surface area contributed by atoms with Gasteiger partial charge >= 0.3 is 0 Å². The van der Waals surface area contributed by atoms with E-state index in [1.807, 2.05) is 78.9 Å². The molecule has 0 fully saturated rings. The van der Waals surface area contributed by atoms with Gasteiger partial charge in [0.15, 0.2) is 0 Å². The minimum Gasteiger partial charge on any atom is -0.492 e. The predicted octanol–water partition coefficient (Wildman–Crippen LogP) is 4.02. The highest BCUT2D eigenvalue weighted by atomic mass is 16.5. The summed E-state index contributed by atoms with van der Waals surface area (Å²) < 4.78 is 8.06. The molecule has 1 aromatic heterocycles. The molecule has 0 aliphatic carbocycles. The predicted molar refractivity (Wildman–Crippen MR) is 119 cm³/mol. The number of benzene rings is 3. The number of amides is 1. The van der Waals surface area contributed by atoms with Gasteiger partial charge in [-0.1, -0.05) is 60.7 Å². The lowest BCUT2D eigenvalue weighted by Gasteiger charge is -2.11. The molecule has 0 aliphatic rings. The second-order valence-electron chi connectivity index (χ2n) is 7.09. The van der Waals surface area contributed by atoms with E-state index < -0.39 is 0 Å². The maximum absolute atomic E-state index is 12.2. The topological polar surface area (TPSA) is 56.2 Å². The number of fused-ring (bicyclic) bond motifs is 1.